The predicted molar refractivity (Wildman–Crippen MR) is 74.0 cm³/mol. The van der Waals surface area contributed by atoms with Crippen molar-refractivity contribution in [2.24, 2.45) is 0 Å². The Labute approximate surface area is 107 Å². The highest BCUT2D eigenvalue weighted by Crippen LogP contribution is 2.19. The van der Waals surface area contributed by atoms with Crippen LogP contribution in [0.2, 0.25) is 0 Å². The zero-order valence-corrected chi connectivity index (χ0v) is 10.4. The summed E-state index contributed by atoms with van der Waals surface area (Å²) in [5.74, 6) is -0.314. The van der Waals surface area contributed by atoms with Gasteiger partial charge in [-0.2, -0.15) is 0 Å². The Morgan fingerprint density at radius 1 is 1.06 bits per heavy atom. The minimum Gasteiger partial charge on any atom is -0.397 e. The van der Waals surface area contributed by atoms with Crippen molar-refractivity contribution in [1.29, 1.82) is 0 Å². The molecular formula is C15H17FN2. The number of aryl methyl sites for hydroxylation is 1. The number of halogens is 1. The van der Waals surface area contributed by atoms with Gasteiger partial charge >= 0.3 is 0 Å². The molecule has 0 aliphatic carbocycles. The van der Waals surface area contributed by atoms with E-state index in [0.717, 1.165) is 12.1 Å². The van der Waals surface area contributed by atoms with Crippen molar-refractivity contribution < 1.29 is 4.39 Å². The fourth-order valence-electron chi connectivity index (χ4n) is 1.78. The molecule has 0 heterocycles. The molecule has 3 N–H and O–H groups in total. The van der Waals surface area contributed by atoms with E-state index in [4.69, 9.17) is 5.73 Å². The van der Waals surface area contributed by atoms with Gasteiger partial charge in [-0.25, -0.2) is 4.39 Å². The molecule has 0 aliphatic heterocycles. The van der Waals surface area contributed by atoms with E-state index in [9.17, 15) is 4.39 Å². The van der Waals surface area contributed by atoms with Crippen LogP contribution in [0.3, 0.4) is 0 Å². The Hall–Kier alpha value is -2.03. The molecule has 0 atom stereocenters. The average molecular weight is 244 g/mol. The molecule has 0 saturated carbocycles. The SMILES string of the molecule is CCc1ccc(CNc2ccc(F)cc2N)cc1. The zero-order valence-electron chi connectivity index (χ0n) is 10.4. The number of hydrogen-bond donors (Lipinski definition) is 2. The highest BCUT2D eigenvalue weighted by Gasteiger charge is 2.00. The number of benzene rings is 2. The smallest absolute Gasteiger partial charge is 0.125 e. The summed E-state index contributed by atoms with van der Waals surface area (Å²) < 4.78 is 12.9. The summed E-state index contributed by atoms with van der Waals surface area (Å²) in [6.07, 6.45) is 1.04. The standard InChI is InChI=1S/C15H17FN2/c1-2-11-3-5-12(6-4-11)10-18-15-8-7-13(16)9-14(15)17/h3-9,18H,2,10,17H2,1H3. The normalized spacial score (nSPS) is 10.3. The maximum atomic E-state index is 12.9. The molecule has 94 valence electrons. The molecule has 0 aromatic heterocycles. The molecular weight excluding hydrogens is 227 g/mol. The Morgan fingerprint density at radius 3 is 2.33 bits per heavy atom. The van der Waals surface area contributed by atoms with E-state index in [1.165, 1.54) is 23.3 Å². The molecule has 0 fully saturated rings. The van der Waals surface area contributed by atoms with Gasteiger partial charge in [-0.1, -0.05) is 31.2 Å². The van der Waals surface area contributed by atoms with Gasteiger partial charge in [0.2, 0.25) is 0 Å². The van der Waals surface area contributed by atoms with Crippen LogP contribution in [0.1, 0.15) is 18.1 Å². The van der Waals surface area contributed by atoms with E-state index in [1.54, 1.807) is 6.07 Å². The van der Waals surface area contributed by atoms with Gasteiger partial charge in [0.1, 0.15) is 5.82 Å². The average Bonchev–Trinajstić information content (AvgIpc) is 2.38. The Morgan fingerprint density at radius 2 is 1.72 bits per heavy atom. The van der Waals surface area contributed by atoms with E-state index < -0.39 is 0 Å². The lowest BCUT2D eigenvalue weighted by Crippen LogP contribution is -2.02. The third-order valence-corrected chi connectivity index (χ3v) is 2.93. The Bertz CT molecular complexity index is 521. The molecule has 0 bridgehead atoms. The number of nitrogens with two attached hydrogens (primary N) is 1. The van der Waals surface area contributed by atoms with Gasteiger partial charge in [0.15, 0.2) is 0 Å². The van der Waals surface area contributed by atoms with Gasteiger partial charge in [-0.3, -0.25) is 0 Å². The van der Waals surface area contributed by atoms with Gasteiger partial charge in [-0.05, 0) is 35.7 Å². The molecule has 0 amide bonds. The third-order valence-electron chi connectivity index (χ3n) is 2.93. The lowest BCUT2D eigenvalue weighted by atomic mass is 10.1. The topological polar surface area (TPSA) is 38.0 Å². The number of anilines is 2. The number of nitrogens with one attached hydrogen (secondary N) is 1. The summed E-state index contributed by atoms with van der Waals surface area (Å²) in [5.41, 5.74) is 9.42. The highest BCUT2D eigenvalue weighted by atomic mass is 19.1. The van der Waals surface area contributed by atoms with Crippen LogP contribution in [-0.4, -0.2) is 0 Å². The number of rotatable bonds is 4. The summed E-state index contributed by atoms with van der Waals surface area (Å²) in [5, 5.41) is 3.20. The van der Waals surface area contributed by atoms with Crippen molar-refractivity contribution in [2.75, 3.05) is 11.1 Å². The van der Waals surface area contributed by atoms with Crippen LogP contribution in [0.5, 0.6) is 0 Å². The van der Waals surface area contributed by atoms with E-state index in [0.29, 0.717) is 12.2 Å². The van der Waals surface area contributed by atoms with Crippen molar-refractivity contribution >= 4 is 11.4 Å². The summed E-state index contributed by atoms with van der Waals surface area (Å²) in [6.45, 7) is 2.81. The number of hydrogen-bond acceptors (Lipinski definition) is 2. The minimum atomic E-state index is -0.314. The first-order chi connectivity index (χ1) is 8.69. The molecule has 18 heavy (non-hydrogen) atoms. The zero-order chi connectivity index (χ0) is 13.0. The second-order valence-corrected chi connectivity index (χ2v) is 4.26. The van der Waals surface area contributed by atoms with Crippen LogP contribution < -0.4 is 11.1 Å². The molecule has 0 radical (unpaired) electrons. The van der Waals surface area contributed by atoms with Crippen LogP contribution in [0.4, 0.5) is 15.8 Å². The first kappa shape index (κ1) is 12.4. The van der Waals surface area contributed by atoms with E-state index in [-0.39, 0.29) is 5.82 Å². The van der Waals surface area contributed by atoms with Crippen molar-refractivity contribution in [2.45, 2.75) is 19.9 Å². The largest absolute Gasteiger partial charge is 0.397 e. The summed E-state index contributed by atoms with van der Waals surface area (Å²) in [6, 6.07) is 12.8. The Balaban J connectivity index is 2.02. The lowest BCUT2D eigenvalue weighted by molar-refractivity contribution is 0.628. The van der Waals surface area contributed by atoms with E-state index in [1.807, 2.05) is 0 Å². The molecule has 3 heteroatoms. The van der Waals surface area contributed by atoms with Crippen LogP contribution in [0.25, 0.3) is 0 Å². The molecule has 0 saturated heterocycles. The summed E-state index contributed by atoms with van der Waals surface area (Å²) in [4.78, 5) is 0. The fraction of sp³-hybridized carbons (Fsp3) is 0.200. The Kier molecular flexibility index (Phi) is 3.82. The summed E-state index contributed by atoms with van der Waals surface area (Å²) in [7, 11) is 0. The van der Waals surface area contributed by atoms with Crippen LogP contribution >= 0.6 is 0 Å². The second-order valence-electron chi connectivity index (χ2n) is 4.26. The van der Waals surface area contributed by atoms with Gasteiger partial charge in [0, 0.05) is 6.54 Å². The molecule has 0 spiro atoms. The van der Waals surface area contributed by atoms with Crippen molar-refractivity contribution in [1.82, 2.24) is 0 Å². The quantitative estimate of drug-likeness (QED) is 0.807. The predicted octanol–water partition coefficient (Wildman–Crippen LogP) is 3.58. The minimum absolute atomic E-state index is 0.314. The lowest BCUT2D eigenvalue weighted by Gasteiger charge is -2.09. The van der Waals surface area contributed by atoms with Crippen molar-refractivity contribution in [3.63, 3.8) is 0 Å². The molecule has 2 aromatic carbocycles. The van der Waals surface area contributed by atoms with Crippen LogP contribution in [0.15, 0.2) is 42.5 Å². The molecule has 0 aliphatic rings. The maximum Gasteiger partial charge on any atom is 0.125 e. The van der Waals surface area contributed by atoms with Gasteiger partial charge in [0.25, 0.3) is 0 Å². The highest BCUT2D eigenvalue weighted by molar-refractivity contribution is 5.65. The second kappa shape index (κ2) is 5.54. The monoisotopic (exact) mass is 244 g/mol. The van der Waals surface area contributed by atoms with Gasteiger partial charge in [0.05, 0.1) is 11.4 Å². The molecule has 2 aromatic rings. The van der Waals surface area contributed by atoms with Gasteiger partial charge in [-0.15, -0.1) is 0 Å². The van der Waals surface area contributed by atoms with Crippen LogP contribution in [-0.2, 0) is 13.0 Å². The molecule has 2 nitrogen and oxygen atoms in total. The van der Waals surface area contributed by atoms with Crippen molar-refractivity contribution in [3.05, 3.63) is 59.4 Å². The van der Waals surface area contributed by atoms with Gasteiger partial charge < -0.3 is 11.1 Å². The molecule has 2 rings (SSSR count). The first-order valence-corrected chi connectivity index (χ1v) is 6.05. The molecule has 0 unspecified atom stereocenters. The third kappa shape index (κ3) is 3.00. The van der Waals surface area contributed by atoms with Crippen molar-refractivity contribution in [3.8, 4) is 0 Å². The fourth-order valence-corrected chi connectivity index (χ4v) is 1.78. The maximum absolute atomic E-state index is 12.9. The first-order valence-electron chi connectivity index (χ1n) is 6.05. The number of nitrogen functional groups attached to an aromatic ring is 1. The summed E-state index contributed by atoms with van der Waals surface area (Å²) >= 11 is 0. The van der Waals surface area contributed by atoms with E-state index in [2.05, 4.69) is 36.5 Å². The van der Waals surface area contributed by atoms with Crippen LogP contribution in [0, 0.1) is 5.82 Å². The van der Waals surface area contributed by atoms with E-state index >= 15 is 0 Å².